The fraction of sp³-hybridized carbons (Fsp3) is 0.286. The van der Waals surface area contributed by atoms with Crippen molar-refractivity contribution in [1.29, 1.82) is 0 Å². The Morgan fingerprint density at radius 3 is 2.89 bits per heavy atom. The number of aryl methyl sites for hydroxylation is 2. The molecule has 2 aromatic rings. The van der Waals surface area contributed by atoms with E-state index in [0.29, 0.717) is 18.2 Å². The van der Waals surface area contributed by atoms with Gasteiger partial charge in [0.05, 0.1) is 6.61 Å². The van der Waals surface area contributed by atoms with E-state index in [1.54, 1.807) is 13.0 Å². The molecule has 1 N–H and O–H groups in total. The van der Waals surface area contributed by atoms with E-state index in [4.69, 9.17) is 9.26 Å². The number of aromatic nitrogens is 1. The zero-order valence-electron chi connectivity index (χ0n) is 11.2. The van der Waals surface area contributed by atoms with Crippen LogP contribution in [0.4, 0.5) is 10.6 Å². The van der Waals surface area contributed by atoms with Crippen molar-refractivity contribution in [3.8, 4) is 11.3 Å². The SMILES string of the molecule is CCOC(=O)Nc1cc(-c2cc(C)ccc2C)on1. The van der Waals surface area contributed by atoms with E-state index >= 15 is 0 Å². The van der Waals surface area contributed by atoms with Gasteiger partial charge in [0.1, 0.15) is 0 Å². The molecule has 0 spiro atoms. The Balaban J connectivity index is 2.21. The number of hydrogen-bond donors (Lipinski definition) is 1. The van der Waals surface area contributed by atoms with Crippen LogP contribution in [-0.4, -0.2) is 17.9 Å². The first-order chi connectivity index (χ1) is 9.10. The molecule has 0 aliphatic carbocycles. The van der Waals surface area contributed by atoms with E-state index in [9.17, 15) is 4.79 Å². The number of nitrogens with zero attached hydrogens (tertiary/aromatic N) is 1. The summed E-state index contributed by atoms with van der Waals surface area (Å²) in [6.07, 6.45) is -0.539. The molecule has 5 nitrogen and oxygen atoms in total. The molecule has 0 fully saturated rings. The molecular weight excluding hydrogens is 244 g/mol. The van der Waals surface area contributed by atoms with E-state index in [2.05, 4.69) is 10.5 Å². The summed E-state index contributed by atoms with van der Waals surface area (Å²) >= 11 is 0. The van der Waals surface area contributed by atoms with Gasteiger partial charge in [-0.15, -0.1) is 0 Å². The van der Waals surface area contributed by atoms with Crippen LogP contribution in [0.2, 0.25) is 0 Å². The molecule has 0 atom stereocenters. The molecule has 1 aromatic heterocycles. The predicted octanol–water partition coefficient (Wildman–Crippen LogP) is 3.53. The fourth-order valence-electron chi connectivity index (χ4n) is 1.73. The largest absolute Gasteiger partial charge is 0.450 e. The van der Waals surface area contributed by atoms with Crippen molar-refractivity contribution in [2.24, 2.45) is 0 Å². The Morgan fingerprint density at radius 1 is 1.37 bits per heavy atom. The Labute approximate surface area is 111 Å². The van der Waals surface area contributed by atoms with Gasteiger partial charge in [0.15, 0.2) is 11.6 Å². The van der Waals surface area contributed by atoms with Crippen molar-refractivity contribution in [3.63, 3.8) is 0 Å². The number of hydrogen-bond acceptors (Lipinski definition) is 4. The number of benzene rings is 1. The molecule has 1 aromatic carbocycles. The molecule has 2 rings (SSSR count). The third-order valence-corrected chi connectivity index (χ3v) is 2.67. The monoisotopic (exact) mass is 260 g/mol. The molecule has 0 bridgehead atoms. The maximum atomic E-state index is 11.3. The molecule has 100 valence electrons. The highest BCUT2D eigenvalue weighted by molar-refractivity contribution is 5.84. The normalized spacial score (nSPS) is 10.3. The van der Waals surface area contributed by atoms with Gasteiger partial charge >= 0.3 is 6.09 Å². The second-order valence-electron chi connectivity index (χ2n) is 4.24. The van der Waals surface area contributed by atoms with Crippen molar-refractivity contribution in [2.45, 2.75) is 20.8 Å². The highest BCUT2D eigenvalue weighted by Crippen LogP contribution is 2.26. The molecule has 0 radical (unpaired) electrons. The zero-order valence-corrected chi connectivity index (χ0v) is 11.2. The van der Waals surface area contributed by atoms with Gasteiger partial charge in [-0.3, -0.25) is 5.32 Å². The molecular formula is C14H16N2O3. The lowest BCUT2D eigenvalue weighted by Crippen LogP contribution is -2.13. The Kier molecular flexibility index (Phi) is 3.85. The summed E-state index contributed by atoms with van der Waals surface area (Å²) in [6.45, 7) is 6.06. The van der Waals surface area contributed by atoms with Crippen LogP contribution >= 0.6 is 0 Å². The first-order valence-electron chi connectivity index (χ1n) is 6.08. The lowest BCUT2D eigenvalue weighted by Gasteiger charge is -2.02. The third-order valence-electron chi connectivity index (χ3n) is 2.67. The van der Waals surface area contributed by atoms with Crippen LogP contribution in [0.15, 0.2) is 28.8 Å². The maximum absolute atomic E-state index is 11.3. The Bertz CT molecular complexity index is 590. The average Bonchev–Trinajstić information content (AvgIpc) is 2.81. The highest BCUT2D eigenvalue weighted by Gasteiger charge is 2.11. The van der Waals surface area contributed by atoms with Crippen molar-refractivity contribution in [1.82, 2.24) is 5.16 Å². The quantitative estimate of drug-likeness (QED) is 0.916. The number of carbonyl (C=O) groups excluding carboxylic acids is 1. The summed E-state index contributed by atoms with van der Waals surface area (Å²) in [5.41, 5.74) is 3.19. The topological polar surface area (TPSA) is 64.4 Å². The number of amides is 1. The summed E-state index contributed by atoms with van der Waals surface area (Å²) in [5.74, 6) is 0.961. The lowest BCUT2D eigenvalue weighted by atomic mass is 10.0. The standard InChI is InChI=1S/C14H16N2O3/c1-4-18-14(17)15-13-8-12(19-16-13)11-7-9(2)5-6-10(11)3/h5-8H,4H2,1-3H3,(H,15,16,17). The van der Waals surface area contributed by atoms with Crippen molar-refractivity contribution in [2.75, 3.05) is 11.9 Å². The molecule has 0 unspecified atom stereocenters. The van der Waals surface area contributed by atoms with Crippen LogP contribution in [0.1, 0.15) is 18.1 Å². The number of rotatable bonds is 3. The van der Waals surface area contributed by atoms with Crippen molar-refractivity contribution >= 4 is 11.9 Å². The summed E-state index contributed by atoms with van der Waals surface area (Å²) in [4.78, 5) is 11.3. The van der Waals surface area contributed by atoms with Crippen LogP contribution in [0.5, 0.6) is 0 Å². The number of carbonyl (C=O) groups is 1. The molecule has 0 aliphatic rings. The van der Waals surface area contributed by atoms with Crippen molar-refractivity contribution < 1.29 is 14.1 Å². The minimum absolute atomic E-state index is 0.313. The van der Waals surface area contributed by atoms with Gasteiger partial charge in [-0.25, -0.2) is 4.79 Å². The highest BCUT2D eigenvalue weighted by atomic mass is 16.5. The Morgan fingerprint density at radius 2 is 2.16 bits per heavy atom. The van der Waals surface area contributed by atoms with Gasteiger partial charge in [-0.05, 0) is 32.4 Å². The van der Waals surface area contributed by atoms with Crippen LogP contribution in [0.25, 0.3) is 11.3 Å². The molecule has 5 heteroatoms. The first-order valence-corrected chi connectivity index (χ1v) is 6.08. The minimum atomic E-state index is -0.539. The van der Waals surface area contributed by atoms with Gasteiger partial charge in [0.25, 0.3) is 0 Å². The van der Waals surface area contributed by atoms with E-state index < -0.39 is 6.09 Å². The van der Waals surface area contributed by atoms with E-state index in [1.165, 1.54) is 0 Å². The van der Waals surface area contributed by atoms with Crippen LogP contribution in [0, 0.1) is 13.8 Å². The van der Waals surface area contributed by atoms with Crippen LogP contribution in [0.3, 0.4) is 0 Å². The van der Waals surface area contributed by atoms with Gasteiger partial charge in [-0.1, -0.05) is 22.9 Å². The van der Waals surface area contributed by atoms with E-state index in [1.807, 2.05) is 32.0 Å². The number of ether oxygens (including phenoxy) is 1. The molecule has 1 amide bonds. The molecule has 0 aliphatic heterocycles. The van der Waals surface area contributed by atoms with Crippen molar-refractivity contribution in [3.05, 3.63) is 35.4 Å². The van der Waals surface area contributed by atoms with Crippen LogP contribution in [-0.2, 0) is 4.74 Å². The number of anilines is 1. The molecule has 0 saturated heterocycles. The summed E-state index contributed by atoms with van der Waals surface area (Å²) in [5, 5.41) is 6.30. The van der Waals surface area contributed by atoms with Gasteiger partial charge in [0, 0.05) is 11.6 Å². The summed E-state index contributed by atoms with van der Waals surface area (Å²) < 4.78 is 10.0. The first kappa shape index (κ1) is 13.1. The summed E-state index contributed by atoms with van der Waals surface area (Å²) in [6, 6.07) is 7.75. The number of nitrogens with one attached hydrogen (secondary N) is 1. The van der Waals surface area contributed by atoms with Gasteiger partial charge in [-0.2, -0.15) is 0 Å². The smallest absolute Gasteiger partial charge is 0.412 e. The minimum Gasteiger partial charge on any atom is -0.450 e. The second-order valence-corrected chi connectivity index (χ2v) is 4.24. The summed E-state index contributed by atoms with van der Waals surface area (Å²) in [7, 11) is 0. The van der Waals surface area contributed by atoms with Crippen LogP contribution < -0.4 is 5.32 Å². The van der Waals surface area contributed by atoms with E-state index in [-0.39, 0.29) is 0 Å². The lowest BCUT2D eigenvalue weighted by molar-refractivity contribution is 0.167. The fourth-order valence-corrected chi connectivity index (χ4v) is 1.73. The third kappa shape index (κ3) is 3.13. The average molecular weight is 260 g/mol. The predicted molar refractivity (Wildman–Crippen MR) is 72.1 cm³/mol. The molecule has 19 heavy (non-hydrogen) atoms. The maximum Gasteiger partial charge on any atom is 0.412 e. The second kappa shape index (κ2) is 5.56. The van der Waals surface area contributed by atoms with Gasteiger partial charge < -0.3 is 9.26 Å². The molecule has 0 saturated carbocycles. The van der Waals surface area contributed by atoms with Gasteiger partial charge in [0.2, 0.25) is 0 Å². The molecule has 1 heterocycles. The van der Waals surface area contributed by atoms with E-state index in [0.717, 1.165) is 16.7 Å². The Hall–Kier alpha value is -2.30. The zero-order chi connectivity index (χ0) is 13.8.